The number of ether oxygens (including phenoxy) is 2. The molecule has 1 saturated heterocycles. The van der Waals surface area contributed by atoms with E-state index >= 15 is 0 Å². The third kappa shape index (κ3) is 5.42. The van der Waals surface area contributed by atoms with E-state index in [1.165, 1.54) is 18.3 Å². The van der Waals surface area contributed by atoms with E-state index in [-0.39, 0.29) is 17.9 Å². The molecule has 0 N–H and O–H groups in total. The van der Waals surface area contributed by atoms with Gasteiger partial charge in [0.1, 0.15) is 0 Å². The molecular formula is C16H22F2N2O3. The Labute approximate surface area is 134 Å². The lowest BCUT2D eigenvalue weighted by molar-refractivity contribution is -0.0528. The Morgan fingerprint density at radius 2 is 2.30 bits per heavy atom. The second kappa shape index (κ2) is 8.76. The lowest BCUT2D eigenvalue weighted by atomic mass is 10.1. The Morgan fingerprint density at radius 1 is 1.48 bits per heavy atom. The largest absolute Gasteiger partial charge is 0.417 e. The van der Waals surface area contributed by atoms with Gasteiger partial charge in [0.25, 0.3) is 5.91 Å². The number of pyridine rings is 1. The zero-order chi connectivity index (χ0) is 16.7. The Hall–Kier alpha value is -1.76. The molecule has 128 valence electrons. The first kappa shape index (κ1) is 17.6. The molecule has 1 aliphatic heterocycles. The second-order valence-corrected chi connectivity index (χ2v) is 5.50. The van der Waals surface area contributed by atoms with Gasteiger partial charge in [-0.05, 0) is 31.7 Å². The van der Waals surface area contributed by atoms with Crippen LogP contribution in [-0.2, 0) is 4.74 Å². The minimum atomic E-state index is -2.93. The number of alkyl halides is 2. The summed E-state index contributed by atoms with van der Waals surface area (Å²) in [6, 6.07) is 2.73. The van der Waals surface area contributed by atoms with Crippen LogP contribution in [0.15, 0.2) is 18.3 Å². The maximum atomic E-state index is 12.6. The van der Waals surface area contributed by atoms with Crippen molar-refractivity contribution < 1.29 is 23.0 Å². The molecular weight excluding hydrogens is 306 g/mol. The van der Waals surface area contributed by atoms with Gasteiger partial charge >= 0.3 is 6.61 Å². The predicted molar refractivity (Wildman–Crippen MR) is 80.7 cm³/mol. The van der Waals surface area contributed by atoms with Gasteiger partial charge in [0.2, 0.25) is 5.88 Å². The number of amides is 1. The number of carbonyl (C=O) groups excluding carboxylic acids is 1. The molecule has 0 radical (unpaired) electrons. The number of hydrogen-bond acceptors (Lipinski definition) is 4. The molecule has 0 saturated carbocycles. The SMILES string of the molecule is CCCN(CC1CCCCO1)C(=O)c1ccc(OC(F)F)nc1. The predicted octanol–water partition coefficient (Wildman–Crippen LogP) is 3.10. The molecule has 5 nitrogen and oxygen atoms in total. The van der Waals surface area contributed by atoms with E-state index < -0.39 is 6.61 Å². The lowest BCUT2D eigenvalue weighted by Gasteiger charge is -2.29. The summed E-state index contributed by atoms with van der Waals surface area (Å²) in [4.78, 5) is 18.1. The van der Waals surface area contributed by atoms with E-state index in [1.807, 2.05) is 6.92 Å². The molecule has 1 aromatic rings. The van der Waals surface area contributed by atoms with E-state index in [0.29, 0.717) is 18.7 Å². The Morgan fingerprint density at radius 3 is 2.87 bits per heavy atom. The van der Waals surface area contributed by atoms with Crippen molar-refractivity contribution in [1.29, 1.82) is 0 Å². The maximum Gasteiger partial charge on any atom is 0.388 e. The molecule has 0 aromatic carbocycles. The van der Waals surface area contributed by atoms with E-state index in [2.05, 4.69) is 9.72 Å². The highest BCUT2D eigenvalue weighted by atomic mass is 19.3. The molecule has 0 spiro atoms. The molecule has 1 atom stereocenters. The molecule has 1 amide bonds. The number of nitrogens with zero attached hydrogens (tertiary/aromatic N) is 2. The van der Waals surface area contributed by atoms with Crippen molar-refractivity contribution in [3.05, 3.63) is 23.9 Å². The third-order valence-corrected chi connectivity index (χ3v) is 3.67. The fourth-order valence-corrected chi connectivity index (χ4v) is 2.59. The zero-order valence-corrected chi connectivity index (χ0v) is 13.2. The summed E-state index contributed by atoms with van der Waals surface area (Å²) < 4.78 is 34.1. The summed E-state index contributed by atoms with van der Waals surface area (Å²) in [5.74, 6) is -0.369. The van der Waals surface area contributed by atoms with Crippen LogP contribution in [0.2, 0.25) is 0 Å². The van der Waals surface area contributed by atoms with Crippen molar-refractivity contribution in [3.8, 4) is 5.88 Å². The first-order chi connectivity index (χ1) is 11.1. The van der Waals surface area contributed by atoms with Crippen molar-refractivity contribution in [1.82, 2.24) is 9.88 Å². The van der Waals surface area contributed by atoms with Crippen LogP contribution in [0.25, 0.3) is 0 Å². The summed E-state index contributed by atoms with van der Waals surface area (Å²) in [5.41, 5.74) is 0.357. The average Bonchev–Trinajstić information content (AvgIpc) is 2.55. The third-order valence-electron chi connectivity index (χ3n) is 3.67. The molecule has 1 aliphatic rings. The quantitative estimate of drug-likeness (QED) is 0.772. The molecule has 7 heteroatoms. The van der Waals surface area contributed by atoms with Crippen LogP contribution in [-0.4, -0.2) is 48.2 Å². The van der Waals surface area contributed by atoms with Crippen LogP contribution < -0.4 is 4.74 Å². The Balaban J connectivity index is 2.01. The van der Waals surface area contributed by atoms with Crippen LogP contribution in [0, 0.1) is 0 Å². The van der Waals surface area contributed by atoms with Crippen LogP contribution in [0.3, 0.4) is 0 Å². The van der Waals surface area contributed by atoms with E-state index in [4.69, 9.17) is 4.74 Å². The summed E-state index contributed by atoms with van der Waals surface area (Å²) in [5, 5.41) is 0. The molecule has 1 aromatic heterocycles. The number of carbonyl (C=O) groups is 1. The van der Waals surface area contributed by atoms with Gasteiger partial charge in [-0.2, -0.15) is 8.78 Å². The molecule has 23 heavy (non-hydrogen) atoms. The maximum absolute atomic E-state index is 12.6. The zero-order valence-electron chi connectivity index (χ0n) is 13.2. The molecule has 0 bridgehead atoms. The first-order valence-corrected chi connectivity index (χ1v) is 7.92. The van der Waals surface area contributed by atoms with Gasteiger partial charge in [0.15, 0.2) is 0 Å². The van der Waals surface area contributed by atoms with Crippen molar-refractivity contribution in [2.24, 2.45) is 0 Å². The summed E-state index contributed by atoms with van der Waals surface area (Å²) >= 11 is 0. The van der Waals surface area contributed by atoms with Crippen LogP contribution in [0.1, 0.15) is 43.0 Å². The monoisotopic (exact) mass is 328 g/mol. The molecule has 1 unspecified atom stereocenters. The van der Waals surface area contributed by atoms with Crippen LogP contribution in [0.4, 0.5) is 8.78 Å². The first-order valence-electron chi connectivity index (χ1n) is 7.92. The highest BCUT2D eigenvalue weighted by Crippen LogP contribution is 2.17. The summed E-state index contributed by atoms with van der Waals surface area (Å²) in [6.07, 6.45) is 5.29. The molecule has 0 aliphatic carbocycles. The van der Waals surface area contributed by atoms with E-state index in [0.717, 1.165) is 32.3 Å². The fourth-order valence-electron chi connectivity index (χ4n) is 2.59. The minimum absolute atomic E-state index is 0.0636. The van der Waals surface area contributed by atoms with E-state index in [9.17, 15) is 13.6 Å². The fraction of sp³-hybridized carbons (Fsp3) is 0.625. The van der Waals surface area contributed by atoms with Crippen molar-refractivity contribution >= 4 is 5.91 Å². The Bertz CT molecular complexity index is 491. The highest BCUT2D eigenvalue weighted by molar-refractivity contribution is 5.94. The molecule has 2 heterocycles. The summed E-state index contributed by atoms with van der Waals surface area (Å²) in [6.45, 7) is 0.972. The normalized spacial score (nSPS) is 18.0. The molecule has 1 fully saturated rings. The van der Waals surface area contributed by atoms with E-state index in [1.54, 1.807) is 4.90 Å². The smallest absolute Gasteiger partial charge is 0.388 e. The number of halogens is 2. The van der Waals surface area contributed by atoms with Crippen LogP contribution >= 0.6 is 0 Å². The van der Waals surface area contributed by atoms with Gasteiger partial charge in [-0.3, -0.25) is 4.79 Å². The second-order valence-electron chi connectivity index (χ2n) is 5.50. The Kier molecular flexibility index (Phi) is 6.70. The topological polar surface area (TPSA) is 51.7 Å². The van der Waals surface area contributed by atoms with Gasteiger partial charge in [-0.1, -0.05) is 6.92 Å². The van der Waals surface area contributed by atoms with Gasteiger partial charge in [0.05, 0.1) is 11.7 Å². The highest BCUT2D eigenvalue weighted by Gasteiger charge is 2.22. The number of aromatic nitrogens is 1. The number of hydrogen-bond donors (Lipinski definition) is 0. The van der Waals surface area contributed by atoms with Gasteiger partial charge in [0, 0.05) is 32.0 Å². The summed E-state index contributed by atoms with van der Waals surface area (Å²) in [7, 11) is 0. The molecule has 2 rings (SSSR count). The van der Waals surface area contributed by atoms with Crippen molar-refractivity contribution in [2.75, 3.05) is 19.7 Å². The van der Waals surface area contributed by atoms with Crippen LogP contribution in [0.5, 0.6) is 5.88 Å². The van der Waals surface area contributed by atoms with Gasteiger partial charge in [-0.15, -0.1) is 0 Å². The average molecular weight is 328 g/mol. The van der Waals surface area contributed by atoms with Crippen molar-refractivity contribution in [2.45, 2.75) is 45.3 Å². The van der Waals surface area contributed by atoms with Gasteiger partial charge < -0.3 is 14.4 Å². The number of rotatable bonds is 7. The standard InChI is InChI=1S/C16H22F2N2O3/c1-2-8-20(11-13-5-3-4-9-22-13)15(21)12-6-7-14(19-10-12)23-16(17)18/h6-7,10,13,16H,2-5,8-9,11H2,1H3. The van der Waals surface area contributed by atoms with Gasteiger partial charge in [-0.25, -0.2) is 4.98 Å². The minimum Gasteiger partial charge on any atom is -0.417 e. The lowest BCUT2D eigenvalue weighted by Crippen LogP contribution is -2.40. The van der Waals surface area contributed by atoms with Crippen molar-refractivity contribution in [3.63, 3.8) is 0 Å².